The summed E-state index contributed by atoms with van der Waals surface area (Å²) in [7, 11) is 2.59. The summed E-state index contributed by atoms with van der Waals surface area (Å²) in [5.41, 5.74) is 2.93. The van der Waals surface area contributed by atoms with E-state index in [0.29, 0.717) is 30.0 Å². The van der Waals surface area contributed by atoms with E-state index in [0.717, 1.165) is 5.56 Å². The third-order valence-electron chi connectivity index (χ3n) is 5.14. The Labute approximate surface area is 186 Å². The number of rotatable bonds is 8. The number of nitrogens with zero attached hydrogens (tertiary/aromatic N) is 1. The molecule has 1 heterocycles. The van der Waals surface area contributed by atoms with Gasteiger partial charge in [-0.25, -0.2) is 9.59 Å². The number of hydrogen-bond donors (Lipinski definition) is 0. The highest BCUT2D eigenvalue weighted by Crippen LogP contribution is 2.32. The van der Waals surface area contributed by atoms with Crippen molar-refractivity contribution in [2.45, 2.75) is 13.3 Å². The smallest absolute Gasteiger partial charge is 0.343 e. The van der Waals surface area contributed by atoms with Crippen LogP contribution in [-0.2, 0) is 30.3 Å². The number of allylic oxidation sites excluding steroid dienone is 1. The van der Waals surface area contributed by atoms with Crippen LogP contribution in [0.2, 0.25) is 0 Å². The van der Waals surface area contributed by atoms with Crippen LogP contribution in [-0.4, -0.2) is 50.1 Å². The topological polar surface area (TPSA) is 82.1 Å². The summed E-state index contributed by atoms with van der Waals surface area (Å²) in [5, 5.41) is 0. The second kappa shape index (κ2) is 10.4. The van der Waals surface area contributed by atoms with Gasteiger partial charge in [-0.15, -0.1) is 0 Å². The minimum Gasteiger partial charge on any atom is -0.482 e. The van der Waals surface area contributed by atoms with E-state index in [4.69, 9.17) is 9.47 Å². The fourth-order valence-electron chi connectivity index (χ4n) is 3.41. The Bertz CT molecular complexity index is 1050. The van der Waals surface area contributed by atoms with Gasteiger partial charge in [-0.3, -0.25) is 4.79 Å². The van der Waals surface area contributed by atoms with Crippen molar-refractivity contribution >= 4 is 23.9 Å². The Morgan fingerprint density at radius 3 is 2.28 bits per heavy atom. The van der Waals surface area contributed by atoms with Crippen LogP contribution in [0.3, 0.4) is 0 Å². The minimum atomic E-state index is -0.553. The summed E-state index contributed by atoms with van der Waals surface area (Å²) in [6.07, 6.45) is 2.32. The molecule has 1 aliphatic heterocycles. The van der Waals surface area contributed by atoms with Crippen molar-refractivity contribution in [1.82, 2.24) is 4.90 Å². The second-order valence-electron chi connectivity index (χ2n) is 7.14. The summed E-state index contributed by atoms with van der Waals surface area (Å²) in [5.74, 6) is -0.793. The van der Waals surface area contributed by atoms with Crippen molar-refractivity contribution in [3.63, 3.8) is 0 Å². The van der Waals surface area contributed by atoms with Gasteiger partial charge in [0.25, 0.3) is 5.91 Å². The largest absolute Gasteiger partial charge is 0.482 e. The SMILES string of the molecule is COC(=O)COc1ccc(/C=C2\C(=O)N(CCc3ccccc3)C(C)=C2C(=O)OC)cc1. The fourth-order valence-corrected chi connectivity index (χ4v) is 3.41. The Balaban J connectivity index is 1.82. The molecule has 0 unspecified atom stereocenters. The van der Waals surface area contributed by atoms with Gasteiger partial charge in [-0.2, -0.15) is 0 Å². The van der Waals surface area contributed by atoms with Gasteiger partial charge in [0.1, 0.15) is 5.75 Å². The molecular weight excluding hydrogens is 410 g/mol. The summed E-state index contributed by atoms with van der Waals surface area (Å²) < 4.78 is 14.8. The third kappa shape index (κ3) is 5.24. The zero-order chi connectivity index (χ0) is 23.1. The average molecular weight is 435 g/mol. The highest BCUT2D eigenvalue weighted by atomic mass is 16.6. The number of hydrogen-bond acceptors (Lipinski definition) is 6. The van der Waals surface area contributed by atoms with Crippen LogP contribution in [0.4, 0.5) is 0 Å². The van der Waals surface area contributed by atoms with Crippen molar-refractivity contribution in [2.75, 3.05) is 27.4 Å². The number of carbonyl (C=O) groups excluding carboxylic acids is 3. The fraction of sp³-hybridized carbons (Fsp3) is 0.240. The Kier molecular flexibility index (Phi) is 7.44. The molecule has 0 saturated carbocycles. The molecule has 0 aliphatic carbocycles. The molecule has 0 radical (unpaired) electrons. The average Bonchev–Trinajstić information content (AvgIpc) is 3.05. The first kappa shape index (κ1) is 22.8. The zero-order valence-corrected chi connectivity index (χ0v) is 18.3. The van der Waals surface area contributed by atoms with Crippen LogP contribution < -0.4 is 4.74 Å². The first-order chi connectivity index (χ1) is 15.4. The Morgan fingerprint density at radius 2 is 1.66 bits per heavy atom. The van der Waals surface area contributed by atoms with Gasteiger partial charge in [0.05, 0.1) is 25.4 Å². The monoisotopic (exact) mass is 435 g/mol. The van der Waals surface area contributed by atoms with Crippen LogP contribution in [0.15, 0.2) is 71.4 Å². The summed E-state index contributed by atoms with van der Waals surface area (Å²) in [4.78, 5) is 38.5. The molecule has 1 aliphatic rings. The quantitative estimate of drug-likeness (QED) is 0.468. The van der Waals surface area contributed by atoms with E-state index in [1.165, 1.54) is 14.2 Å². The van der Waals surface area contributed by atoms with E-state index < -0.39 is 11.9 Å². The first-order valence-electron chi connectivity index (χ1n) is 10.1. The summed E-state index contributed by atoms with van der Waals surface area (Å²) in [6.45, 7) is 2.01. The van der Waals surface area contributed by atoms with Crippen molar-refractivity contribution < 1.29 is 28.6 Å². The molecular formula is C25H25NO6. The number of ether oxygens (including phenoxy) is 3. The van der Waals surface area contributed by atoms with Gasteiger partial charge in [0, 0.05) is 12.2 Å². The van der Waals surface area contributed by atoms with Gasteiger partial charge in [-0.1, -0.05) is 42.5 Å². The highest BCUT2D eigenvalue weighted by Gasteiger charge is 2.36. The zero-order valence-electron chi connectivity index (χ0n) is 18.3. The molecule has 0 aromatic heterocycles. The number of esters is 2. The van der Waals surface area contributed by atoms with Crippen molar-refractivity contribution in [1.29, 1.82) is 0 Å². The van der Waals surface area contributed by atoms with Crippen molar-refractivity contribution in [3.05, 3.63) is 82.6 Å². The molecule has 7 nitrogen and oxygen atoms in total. The van der Waals surface area contributed by atoms with E-state index in [1.54, 1.807) is 42.2 Å². The lowest BCUT2D eigenvalue weighted by atomic mass is 10.0. The van der Waals surface area contributed by atoms with Gasteiger partial charge in [0.15, 0.2) is 6.61 Å². The number of methoxy groups -OCH3 is 2. The number of benzene rings is 2. The molecule has 7 heteroatoms. The van der Waals surface area contributed by atoms with Crippen LogP contribution in [0, 0.1) is 0 Å². The van der Waals surface area contributed by atoms with E-state index in [-0.39, 0.29) is 23.7 Å². The van der Waals surface area contributed by atoms with Gasteiger partial charge in [0.2, 0.25) is 0 Å². The molecule has 0 N–H and O–H groups in total. The molecule has 1 amide bonds. The predicted octanol–water partition coefficient (Wildman–Crippen LogP) is 3.15. The molecule has 32 heavy (non-hydrogen) atoms. The molecule has 3 rings (SSSR count). The normalized spacial score (nSPS) is 14.7. The van der Waals surface area contributed by atoms with Gasteiger partial charge in [-0.05, 0) is 42.7 Å². The van der Waals surface area contributed by atoms with Crippen LogP contribution in [0.5, 0.6) is 5.75 Å². The van der Waals surface area contributed by atoms with Gasteiger partial charge < -0.3 is 19.1 Å². The highest BCUT2D eigenvalue weighted by molar-refractivity contribution is 6.16. The van der Waals surface area contributed by atoms with Crippen LogP contribution >= 0.6 is 0 Å². The molecule has 166 valence electrons. The third-order valence-corrected chi connectivity index (χ3v) is 5.14. The maximum absolute atomic E-state index is 13.2. The van der Waals surface area contributed by atoms with Gasteiger partial charge >= 0.3 is 11.9 Å². The minimum absolute atomic E-state index is 0.194. The lowest BCUT2D eigenvalue weighted by Crippen LogP contribution is -2.27. The number of amides is 1. The summed E-state index contributed by atoms with van der Waals surface area (Å²) >= 11 is 0. The lowest BCUT2D eigenvalue weighted by molar-refractivity contribution is -0.143. The molecule has 0 saturated heterocycles. The molecule has 0 atom stereocenters. The van der Waals surface area contributed by atoms with Crippen LogP contribution in [0.25, 0.3) is 6.08 Å². The molecule has 0 fully saturated rings. The van der Waals surface area contributed by atoms with E-state index >= 15 is 0 Å². The molecule has 0 spiro atoms. The van der Waals surface area contributed by atoms with Crippen molar-refractivity contribution in [2.24, 2.45) is 0 Å². The maximum Gasteiger partial charge on any atom is 0.343 e. The van der Waals surface area contributed by atoms with E-state index in [1.807, 2.05) is 30.3 Å². The number of carbonyl (C=O) groups is 3. The first-order valence-corrected chi connectivity index (χ1v) is 10.1. The second-order valence-corrected chi connectivity index (χ2v) is 7.14. The maximum atomic E-state index is 13.2. The van der Waals surface area contributed by atoms with Crippen LogP contribution in [0.1, 0.15) is 18.1 Å². The molecule has 2 aromatic carbocycles. The Hall–Kier alpha value is -3.87. The predicted molar refractivity (Wildman–Crippen MR) is 119 cm³/mol. The standard InChI is InChI=1S/C25H25NO6/c1-17-23(25(29)31-3)21(24(28)26(17)14-13-18-7-5-4-6-8-18)15-19-9-11-20(12-10-19)32-16-22(27)30-2/h4-12,15H,13-14,16H2,1-3H3/b21-15-. The Morgan fingerprint density at radius 1 is 0.969 bits per heavy atom. The molecule has 2 aromatic rings. The van der Waals surface area contributed by atoms with Crippen molar-refractivity contribution in [3.8, 4) is 5.75 Å². The van der Waals surface area contributed by atoms with E-state index in [2.05, 4.69) is 4.74 Å². The lowest BCUT2D eigenvalue weighted by Gasteiger charge is -2.17. The van der Waals surface area contributed by atoms with E-state index in [9.17, 15) is 14.4 Å². The molecule has 0 bridgehead atoms. The summed E-state index contributed by atoms with van der Waals surface area (Å²) in [6, 6.07) is 16.7.